The number of aromatic nitrogens is 1. The number of ether oxygens (including phenoxy) is 1. The quantitative estimate of drug-likeness (QED) is 0.672. The van der Waals surface area contributed by atoms with Crippen molar-refractivity contribution in [2.75, 3.05) is 7.11 Å². The van der Waals surface area contributed by atoms with Gasteiger partial charge in [-0.15, -0.1) is 11.3 Å². The van der Waals surface area contributed by atoms with Gasteiger partial charge < -0.3 is 10.5 Å². The molecule has 3 aromatic rings. The van der Waals surface area contributed by atoms with Crippen LogP contribution < -0.4 is 10.5 Å². The number of allylic oxidation sites excluding steroid dienone is 1. The van der Waals surface area contributed by atoms with Gasteiger partial charge in [-0.1, -0.05) is 36.0 Å². The van der Waals surface area contributed by atoms with Crippen LogP contribution in [0.2, 0.25) is 0 Å². The van der Waals surface area contributed by atoms with Gasteiger partial charge in [0.15, 0.2) is 5.01 Å². The zero-order valence-electron chi connectivity index (χ0n) is 14.4. The van der Waals surface area contributed by atoms with Gasteiger partial charge >= 0.3 is 0 Å². The van der Waals surface area contributed by atoms with E-state index in [0.29, 0.717) is 21.4 Å². The van der Waals surface area contributed by atoms with Crippen molar-refractivity contribution < 1.29 is 9.53 Å². The smallest absolute Gasteiger partial charge is 0.205 e. The first-order valence-corrected chi connectivity index (χ1v) is 9.92. The highest BCUT2D eigenvalue weighted by Crippen LogP contribution is 2.47. The highest BCUT2D eigenvalue weighted by atomic mass is 32.2. The van der Waals surface area contributed by atoms with Gasteiger partial charge in [-0.3, -0.25) is 4.79 Å². The van der Waals surface area contributed by atoms with E-state index in [9.17, 15) is 10.1 Å². The number of thioether (sulfide) groups is 1. The van der Waals surface area contributed by atoms with Crippen LogP contribution >= 0.6 is 23.1 Å². The summed E-state index contributed by atoms with van der Waals surface area (Å²) in [6.07, 6.45) is 0. The van der Waals surface area contributed by atoms with Crippen molar-refractivity contribution in [3.8, 4) is 11.8 Å². The van der Waals surface area contributed by atoms with Crippen molar-refractivity contribution in [2.24, 2.45) is 5.73 Å². The number of nitrogens with zero attached hydrogens (tertiary/aromatic N) is 2. The number of hydrogen-bond donors (Lipinski definition) is 1. The normalized spacial score (nSPS) is 19.3. The van der Waals surface area contributed by atoms with Crippen molar-refractivity contribution in [2.45, 2.75) is 11.2 Å². The second-order valence-electron chi connectivity index (χ2n) is 6.03. The molecule has 2 N–H and O–H groups in total. The Bertz CT molecular complexity index is 1060. The van der Waals surface area contributed by atoms with E-state index in [2.05, 4.69) is 11.1 Å². The van der Waals surface area contributed by atoms with Gasteiger partial charge in [-0.05, 0) is 29.8 Å². The van der Waals surface area contributed by atoms with Crippen LogP contribution in [0.15, 0.2) is 59.1 Å². The molecule has 2 aromatic carbocycles. The Hall–Kier alpha value is -2.82. The molecule has 134 valence electrons. The highest BCUT2D eigenvalue weighted by molar-refractivity contribution is 8.04. The molecule has 0 aliphatic carbocycles. The molecule has 5 nitrogen and oxygen atoms in total. The standard InChI is InChI=1S/C20H15N3O2S2/c1-25-12-8-6-11(7-9-12)16-13(10-21)19(22)27-18(16)17(24)20-23-14-4-2-3-5-15(14)26-20/h2-9,16,18H,22H2,1H3/t16-,18-/m0/s1. The van der Waals surface area contributed by atoms with Gasteiger partial charge in [0.25, 0.3) is 0 Å². The Morgan fingerprint density at radius 1 is 1.22 bits per heavy atom. The molecule has 4 rings (SSSR count). The lowest BCUT2D eigenvalue weighted by Gasteiger charge is -2.18. The van der Waals surface area contributed by atoms with Crippen molar-refractivity contribution in [1.29, 1.82) is 5.26 Å². The maximum Gasteiger partial charge on any atom is 0.205 e. The minimum atomic E-state index is -0.506. The molecule has 1 aliphatic rings. The van der Waals surface area contributed by atoms with Crippen LogP contribution in [0.1, 0.15) is 21.3 Å². The molecule has 7 heteroatoms. The van der Waals surface area contributed by atoms with Crippen molar-refractivity contribution in [1.82, 2.24) is 4.98 Å². The maximum absolute atomic E-state index is 13.2. The summed E-state index contributed by atoms with van der Waals surface area (Å²) >= 11 is 2.61. The lowest BCUT2D eigenvalue weighted by molar-refractivity contribution is 0.0985. The number of ketones is 1. The van der Waals surface area contributed by atoms with E-state index in [4.69, 9.17) is 10.5 Å². The Morgan fingerprint density at radius 2 is 1.96 bits per heavy atom. The molecule has 0 amide bonds. The molecule has 2 atom stereocenters. The van der Waals surface area contributed by atoms with Crippen LogP contribution in [-0.4, -0.2) is 23.1 Å². The third-order valence-electron chi connectivity index (χ3n) is 4.49. The molecule has 1 aliphatic heterocycles. The van der Waals surface area contributed by atoms with E-state index in [1.54, 1.807) is 7.11 Å². The number of carbonyl (C=O) groups excluding carboxylic acids is 1. The first-order chi connectivity index (χ1) is 13.1. The summed E-state index contributed by atoms with van der Waals surface area (Å²) in [5, 5.41) is 9.94. The number of rotatable bonds is 4. The summed E-state index contributed by atoms with van der Waals surface area (Å²) in [6.45, 7) is 0. The fraction of sp³-hybridized carbons (Fsp3) is 0.150. The summed E-state index contributed by atoms with van der Waals surface area (Å²) in [5.41, 5.74) is 8.18. The number of hydrogen-bond acceptors (Lipinski definition) is 7. The van der Waals surface area contributed by atoms with Gasteiger partial charge in [0.2, 0.25) is 5.78 Å². The zero-order chi connectivity index (χ0) is 19.0. The molecule has 27 heavy (non-hydrogen) atoms. The van der Waals surface area contributed by atoms with Gasteiger partial charge in [-0.2, -0.15) is 5.26 Å². The molecular formula is C20H15N3O2S2. The van der Waals surface area contributed by atoms with E-state index < -0.39 is 11.2 Å². The summed E-state index contributed by atoms with van der Waals surface area (Å²) in [6, 6.07) is 17.2. The van der Waals surface area contributed by atoms with Crippen LogP contribution in [0.25, 0.3) is 10.2 Å². The molecule has 2 heterocycles. The van der Waals surface area contributed by atoms with Gasteiger partial charge in [0.1, 0.15) is 5.75 Å². The summed E-state index contributed by atoms with van der Waals surface area (Å²) < 4.78 is 6.17. The SMILES string of the molecule is COc1ccc([C@H]2C(C#N)=C(N)S[C@@H]2C(=O)c2nc3ccccc3s2)cc1. The van der Waals surface area contributed by atoms with Crippen LogP contribution in [0.3, 0.4) is 0 Å². The molecule has 0 unspecified atom stereocenters. The van der Waals surface area contributed by atoms with Crippen molar-refractivity contribution in [3.05, 3.63) is 69.7 Å². The Morgan fingerprint density at radius 3 is 2.63 bits per heavy atom. The number of nitrogens with two attached hydrogens (primary N) is 1. The van der Waals surface area contributed by atoms with E-state index in [1.807, 2.05) is 48.5 Å². The van der Waals surface area contributed by atoms with Gasteiger partial charge in [0, 0.05) is 5.92 Å². The minimum absolute atomic E-state index is 0.102. The second-order valence-corrected chi connectivity index (χ2v) is 8.24. The Labute approximate surface area is 164 Å². The average Bonchev–Trinajstić information content (AvgIpc) is 3.28. The Kier molecular flexibility index (Phi) is 4.60. The highest BCUT2D eigenvalue weighted by Gasteiger charge is 2.41. The van der Waals surface area contributed by atoms with Crippen LogP contribution in [0.4, 0.5) is 0 Å². The number of benzene rings is 2. The number of methoxy groups -OCH3 is 1. The largest absolute Gasteiger partial charge is 0.497 e. The van der Waals surface area contributed by atoms with Crippen molar-refractivity contribution in [3.63, 3.8) is 0 Å². The summed E-state index contributed by atoms with van der Waals surface area (Å²) in [7, 11) is 1.60. The molecule has 1 aromatic heterocycles. The topological polar surface area (TPSA) is 89.0 Å². The van der Waals surface area contributed by atoms with E-state index in [1.165, 1.54) is 23.1 Å². The molecule has 0 radical (unpaired) electrons. The molecule has 0 spiro atoms. The van der Waals surface area contributed by atoms with Crippen LogP contribution in [0, 0.1) is 11.3 Å². The first kappa shape index (κ1) is 17.6. The molecule has 0 fully saturated rings. The molecule has 0 saturated heterocycles. The van der Waals surface area contributed by atoms with Crippen molar-refractivity contribution >= 4 is 39.1 Å². The van der Waals surface area contributed by atoms with E-state index >= 15 is 0 Å². The van der Waals surface area contributed by atoms with Gasteiger partial charge in [-0.25, -0.2) is 4.98 Å². The molecule has 0 saturated carbocycles. The van der Waals surface area contributed by atoms with Gasteiger partial charge in [0.05, 0.1) is 39.2 Å². The zero-order valence-corrected chi connectivity index (χ0v) is 16.0. The monoisotopic (exact) mass is 393 g/mol. The fourth-order valence-electron chi connectivity index (χ4n) is 3.15. The molecular weight excluding hydrogens is 378 g/mol. The number of fused-ring (bicyclic) bond motifs is 1. The lowest BCUT2D eigenvalue weighted by Crippen LogP contribution is -2.23. The van der Waals surface area contributed by atoms with Crippen LogP contribution in [-0.2, 0) is 0 Å². The lowest BCUT2D eigenvalue weighted by atomic mass is 9.87. The summed E-state index contributed by atoms with van der Waals surface area (Å²) in [5.74, 6) is 0.217. The van der Waals surface area contributed by atoms with E-state index in [0.717, 1.165) is 15.8 Å². The fourth-order valence-corrected chi connectivity index (χ4v) is 5.39. The second kappa shape index (κ2) is 7.06. The number of thiazole rings is 1. The molecule has 0 bridgehead atoms. The number of para-hydroxylation sites is 1. The number of Topliss-reactive ketones (excluding diaryl/α,β-unsaturated/α-hetero) is 1. The predicted molar refractivity (Wildman–Crippen MR) is 108 cm³/mol. The third kappa shape index (κ3) is 3.07. The van der Waals surface area contributed by atoms with Crippen LogP contribution in [0.5, 0.6) is 5.75 Å². The first-order valence-electron chi connectivity index (χ1n) is 8.22. The third-order valence-corrected chi connectivity index (χ3v) is 6.76. The minimum Gasteiger partial charge on any atom is -0.497 e. The predicted octanol–water partition coefficient (Wildman–Crippen LogP) is 4.08. The number of nitriles is 1. The Balaban J connectivity index is 1.73. The summed E-state index contributed by atoms with van der Waals surface area (Å²) in [4.78, 5) is 17.7. The van der Waals surface area contributed by atoms with E-state index in [-0.39, 0.29) is 5.78 Å². The number of carbonyl (C=O) groups is 1. The average molecular weight is 393 g/mol. The maximum atomic E-state index is 13.2.